The maximum atomic E-state index is 10.8. The average Bonchev–Trinajstić information content (AvgIpc) is 3.11. The van der Waals surface area contributed by atoms with Crippen LogP contribution in [0.25, 0.3) is 33.4 Å². The Labute approximate surface area is 153 Å². The summed E-state index contributed by atoms with van der Waals surface area (Å²) >= 11 is 6.35. The van der Waals surface area contributed by atoms with Crippen LogP contribution in [0, 0.1) is 17.0 Å². The standard InChI is InChI=1S/C19H13ClN4O2/c1-11-2-7-16-13(8-11)9-15(19(20)21-16)18-10-17(22-23-18)12-3-5-14(6-4-12)24(25)26/h2-10H,1H3,(H,22,23). The molecule has 0 aliphatic carbocycles. The van der Waals surface area contributed by atoms with E-state index in [1.807, 2.05) is 31.2 Å². The van der Waals surface area contributed by atoms with Gasteiger partial charge < -0.3 is 0 Å². The van der Waals surface area contributed by atoms with Gasteiger partial charge in [0.1, 0.15) is 5.15 Å². The van der Waals surface area contributed by atoms with Gasteiger partial charge in [-0.15, -0.1) is 0 Å². The predicted molar refractivity (Wildman–Crippen MR) is 101 cm³/mol. The molecule has 0 saturated heterocycles. The van der Waals surface area contributed by atoms with Crippen LogP contribution in [0.15, 0.2) is 54.6 Å². The highest BCUT2D eigenvalue weighted by Crippen LogP contribution is 2.31. The van der Waals surface area contributed by atoms with Crippen molar-refractivity contribution in [3.8, 4) is 22.5 Å². The van der Waals surface area contributed by atoms with E-state index in [2.05, 4.69) is 21.2 Å². The Morgan fingerprint density at radius 3 is 2.58 bits per heavy atom. The molecule has 0 atom stereocenters. The van der Waals surface area contributed by atoms with Crippen LogP contribution in [-0.2, 0) is 0 Å². The first-order valence-electron chi connectivity index (χ1n) is 7.89. The quantitative estimate of drug-likeness (QED) is 0.309. The van der Waals surface area contributed by atoms with Gasteiger partial charge in [-0.3, -0.25) is 15.2 Å². The number of aromatic nitrogens is 3. The van der Waals surface area contributed by atoms with E-state index in [1.54, 1.807) is 12.1 Å². The van der Waals surface area contributed by atoms with Gasteiger partial charge in [0.25, 0.3) is 5.69 Å². The summed E-state index contributed by atoms with van der Waals surface area (Å²) in [5.41, 5.74) is 4.96. The molecule has 0 spiro atoms. The number of hydrogen-bond acceptors (Lipinski definition) is 4. The van der Waals surface area contributed by atoms with E-state index in [4.69, 9.17) is 11.6 Å². The lowest BCUT2D eigenvalue weighted by molar-refractivity contribution is -0.384. The number of benzene rings is 2. The summed E-state index contributed by atoms with van der Waals surface area (Å²) in [6, 6.07) is 16.1. The lowest BCUT2D eigenvalue weighted by Crippen LogP contribution is -1.87. The van der Waals surface area contributed by atoms with Gasteiger partial charge in [-0.25, -0.2) is 4.98 Å². The Morgan fingerprint density at radius 1 is 1.08 bits per heavy atom. The minimum absolute atomic E-state index is 0.0432. The zero-order valence-corrected chi connectivity index (χ0v) is 14.5. The lowest BCUT2D eigenvalue weighted by atomic mass is 10.1. The van der Waals surface area contributed by atoms with E-state index in [1.165, 1.54) is 12.1 Å². The molecular weight excluding hydrogens is 352 g/mol. The first kappa shape index (κ1) is 16.2. The minimum atomic E-state index is -0.428. The van der Waals surface area contributed by atoms with E-state index in [9.17, 15) is 10.1 Å². The summed E-state index contributed by atoms with van der Waals surface area (Å²) in [7, 11) is 0. The van der Waals surface area contributed by atoms with Crippen molar-refractivity contribution < 1.29 is 4.92 Å². The molecule has 4 rings (SSSR count). The number of nitrogens with one attached hydrogen (secondary N) is 1. The molecule has 4 aromatic rings. The maximum Gasteiger partial charge on any atom is 0.269 e. The highest BCUT2D eigenvalue weighted by Gasteiger charge is 2.12. The molecule has 0 fully saturated rings. The molecule has 0 aliphatic rings. The van der Waals surface area contributed by atoms with Crippen molar-refractivity contribution in [1.29, 1.82) is 0 Å². The number of nitrogens with zero attached hydrogens (tertiary/aromatic N) is 3. The maximum absolute atomic E-state index is 10.8. The van der Waals surface area contributed by atoms with E-state index in [-0.39, 0.29) is 5.69 Å². The number of pyridine rings is 1. The summed E-state index contributed by atoms with van der Waals surface area (Å²) in [6.45, 7) is 2.02. The Kier molecular flexibility index (Phi) is 3.89. The van der Waals surface area contributed by atoms with Crippen molar-refractivity contribution >= 4 is 28.2 Å². The SMILES string of the molecule is Cc1ccc2nc(Cl)c(-c3cc(-c4ccc([N+](=O)[O-])cc4)n[nH]3)cc2c1. The second-order valence-electron chi connectivity index (χ2n) is 5.99. The van der Waals surface area contributed by atoms with Gasteiger partial charge in [0.15, 0.2) is 0 Å². The summed E-state index contributed by atoms with van der Waals surface area (Å²) in [4.78, 5) is 14.8. The Hall–Kier alpha value is -3.25. The molecule has 26 heavy (non-hydrogen) atoms. The van der Waals surface area contributed by atoms with Crippen molar-refractivity contribution in [3.05, 3.63) is 75.4 Å². The molecular formula is C19H13ClN4O2. The first-order chi connectivity index (χ1) is 12.5. The van der Waals surface area contributed by atoms with Crippen LogP contribution in [0.5, 0.6) is 0 Å². The zero-order valence-electron chi connectivity index (χ0n) is 13.7. The predicted octanol–water partition coefficient (Wildman–Crippen LogP) is 5.16. The number of H-pyrrole nitrogens is 1. The third-order valence-electron chi connectivity index (χ3n) is 4.17. The van der Waals surface area contributed by atoms with Gasteiger partial charge in [0, 0.05) is 28.6 Å². The molecule has 6 nitrogen and oxygen atoms in total. The monoisotopic (exact) mass is 364 g/mol. The number of aromatic amines is 1. The van der Waals surface area contributed by atoms with Crippen molar-refractivity contribution in [2.45, 2.75) is 6.92 Å². The van der Waals surface area contributed by atoms with Crippen LogP contribution in [0.3, 0.4) is 0 Å². The van der Waals surface area contributed by atoms with Crippen molar-refractivity contribution in [2.75, 3.05) is 0 Å². The summed E-state index contributed by atoms with van der Waals surface area (Å²) in [5.74, 6) is 0. The fourth-order valence-electron chi connectivity index (χ4n) is 2.82. The van der Waals surface area contributed by atoms with E-state index in [0.29, 0.717) is 10.8 Å². The Bertz CT molecular complexity index is 1140. The highest BCUT2D eigenvalue weighted by molar-refractivity contribution is 6.32. The van der Waals surface area contributed by atoms with Gasteiger partial charge in [-0.2, -0.15) is 5.10 Å². The summed E-state index contributed by atoms with van der Waals surface area (Å²) in [5, 5.41) is 19.4. The highest BCUT2D eigenvalue weighted by atomic mass is 35.5. The van der Waals surface area contributed by atoms with Gasteiger partial charge in [0.2, 0.25) is 0 Å². The largest absolute Gasteiger partial charge is 0.277 e. The molecule has 0 radical (unpaired) electrons. The molecule has 2 aromatic heterocycles. The van der Waals surface area contributed by atoms with Crippen LogP contribution in [0.2, 0.25) is 5.15 Å². The third kappa shape index (κ3) is 2.91. The molecule has 0 amide bonds. The number of nitro groups is 1. The summed E-state index contributed by atoms with van der Waals surface area (Å²) in [6.07, 6.45) is 0. The number of aryl methyl sites for hydroxylation is 1. The average molecular weight is 365 g/mol. The van der Waals surface area contributed by atoms with E-state index in [0.717, 1.165) is 33.3 Å². The van der Waals surface area contributed by atoms with E-state index < -0.39 is 4.92 Å². The normalized spacial score (nSPS) is 11.0. The van der Waals surface area contributed by atoms with Crippen LogP contribution in [0.1, 0.15) is 5.56 Å². The van der Waals surface area contributed by atoms with Gasteiger partial charge in [-0.05, 0) is 43.3 Å². The Balaban J connectivity index is 1.74. The molecule has 1 N–H and O–H groups in total. The van der Waals surface area contributed by atoms with Crippen molar-refractivity contribution in [2.24, 2.45) is 0 Å². The number of non-ortho nitro benzene ring substituents is 1. The second kappa shape index (κ2) is 6.24. The second-order valence-corrected chi connectivity index (χ2v) is 6.35. The molecule has 128 valence electrons. The van der Waals surface area contributed by atoms with Crippen LogP contribution < -0.4 is 0 Å². The fourth-order valence-corrected chi connectivity index (χ4v) is 3.07. The van der Waals surface area contributed by atoms with Crippen LogP contribution in [-0.4, -0.2) is 20.1 Å². The van der Waals surface area contributed by atoms with E-state index >= 15 is 0 Å². The van der Waals surface area contributed by atoms with Gasteiger partial charge >= 0.3 is 0 Å². The Morgan fingerprint density at radius 2 is 1.85 bits per heavy atom. The van der Waals surface area contributed by atoms with Crippen LogP contribution >= 0.6 is 11.6 Å². The molecule has 0 bridgehead atoms. The summed E-state index contributed by atoms with van der Waals surface area (Å²) < 4.78 is 0. The molecule has 0 unspecified atom stereocenters. The molecule has 0 saturated carbocycles. The number of halogens is 1. The van der Waals surface area contributed by atoms with Gasteiger partial charge in [-0.1, -0.05) is 23.2 Å². The zero-order chi connectivity index (χ0) is 18.3. The minimum Gasteiger partial charge on any atom is -0.277 e. The molecule has 2 aromatic carbocycles. The van der Waals surface area contributed by atoms with Gasteiger partial charge in [0.05, 0.1) is 21.8 Å². The molecule has 2 heterocycles. The van der Waals surface area contributed by atoms with Crippen molar-refractivity contribution in [1.82, 2.24) is 15.2 Å². The topological polar surface area (TPSA) is 84.7 Å². The van der Waals surface area contributed by atoms with Crippen LogP contribution in [0.4, 0.5) is 5.69 Å². The first-order valence-corrected chi connectivity index (χ1v) is 8.26. The smallest absolute Gasteiger partial charge is 0.269 e. The lowest BCUT2D eigenvalue weighted by Gasteiger charge is -2.05. The number of rotatable bonds is 3. The van der Waals surface area contributed by atoms with Crippen molar-refractivity contribution in [3.63, 3.8) is 0 Å². The molecule has 0 aliphatic heterocycles. The fraction of sp³-hybridized carbons (Fsp3) is 0.0526. The molecule has 7 heteroatoms. The number of hydrogen-bond donors (Lipinski definition) is 1. The third-order valence-corrected chi connectivity index (χ3v) is 4.45. The number of fused-ring (bicyclic) bond motifs is 1. The number of nitro benzene ring substituents is 1.